The third kappa shape index (κ3) is 4.31. The van der Waals surface area contributed by atoms with Crippen molar-refractivity contribution in [3.63, 3.8) is 0 Å². The number of pyridine rings is 1. The lowest BCUT2D eigenvalue weighted by Gasteiger charge is -2.26. The van der Waals surface area contributed by atoms with Crippen LogP contribution < -0.4 is 5.32 Å². The summed E-state index contributed by atoms with van der Waals surface area (Å²) >= 11 is 3.45. The second-order valence-electron chi connectivity index (χ2n) is 8.29. The van der Waals surface area contributed by atoms with Crippen molar-refractivity contribution in [2.45, 2.75) is 19.3 Å². The predicted molar refractivity (Wildman–Crippen MR) is 133 cm³/mol. The number of carboxylic acids is 1. The summed E-state index contributed by atoms with van der Waals surface area (Å²) in [7, 11) is 0. The highest BCUT2D eigenvalue weighted by Gasteiger charge is 2.38. The number of carbonyl (C=O) groups excluding carboxylic acids is 1. The van der Waals surface area contributed by atoms with Gasteiger partial charge in [0.25, 0.3) is 5.91 Å². The van der Waals surface area contributed by atoms with Crippen molar-refractivity contribution in [3.05, 3.63) is 99.8 Å². The zero-order valence-corrected chi connectivity index (χ0v) is 20.2. The van der Waals surface area contributed by atoms with Gasteiger partial charge in [-0.25, -0.2) is 9.37 Å². The first-order chi connectivity index (χ1) is 16.2. The van der Waals surface area contributed by atoms with E-state index in [0.717, 1.165) is 10.0 Å². The van der Waals surface area contributed by atoms with Crippen LogP contribution in [0.2, 0.25) is 0 Å². The fourth-order valence-electron chi connectivity index (χ4n) is 4.04. The molecule has 1 atom stereocenters. The average molecular weight is 521 g/mol. The normalized spacial score (nSPS) is 12.8. The fraction of sp³-hybridized carbons (Fsp3) is 0.148. The first kappa shape index (κ1) is 23.6. The van der Waals surface area contributed by atoms with Crippen LogP contribution in [0.25, 0.3) is 22.2 Å². The molecule has 0 radical (unpaired) electrons. The molecule has 0 aliphatic rings. The maximum atomic E-state index is 14.5. The number of benzene rings is 3. The number of halogens is 2. The Balaban J connectivity index is 1.79. The van der Waals surface area contributed by atoms with Crippen molar-refractivity contribution in [2.24, 2.45) is 0 Å². The number of aliphatic carboxylic acids is 1. The standard InChI is InChI=1S/C27H22BrFN2O3/c1-16-23(25(32)30-15-27(2,26(33)34)20-10-6-7-11-21(20)29)19-14-18(28)12-13-22(19)31-24(16)17-8-4-3-5-9-17/h3-14H,15H2,1-2H3,(H,30,32)(H,33,34). The van der Waals surface area contributed by atoms with Crippen molar-refractivity contribution in [1.29, 1.82) is 0 Å². The average Bonchev–Trinajstić information content (AvgIpc) is 2.82. The van der Waals surface area contributed by atoms with Gasteiger partial charge in [-0.1, -0.05) is 64.5 Å². The van der Waals surface area contributed by atoms with Crippen LogP contribution in [0.4, 0.5) is 4.39 Å². The van der Waals surface area contributed by atoms with Gasteiger partial charge in [0.1, 0.15) is 11.2 Å². The SMILES string of the molecule is Cc1c(-c2ccccc2)nc2ccc(Br)cc2c1C(=O)NCC(C)(C(=O)O)c1ccccc1F. The number of carboxylic acid groups (broad SMARTS) is 1. The van der Waals surface area contributed by atoms with E-state index in [-0.39, 0.29) is 12.1 Å². The molecule has 7 heteroatoms. The summed E-state index contributed by atoms with van der Waals surface area (Å²) in [4.78, 5) is 30.5. The highest BCUT2D eigenvalue weighted by molar-refractivity contribution is 9.10. The molecule has 0 bridgehead atoms. The second-order valence-corrected chi connectivity index (χ2v) is 9.20. The Morgan fingerprint density at radius 1 is 1.06 bits per heavy atom. The molecule has 3 aromatic carbocycles. The maximum absolute atomic E-state index is 14.5. The van der Waals surface area contributed by atoms with Crippen molar-refractivity contribution in [1.82, 2.24) is 10.3 Å². The third-order valence-electron chi connectivity index (χ3n) is 6.01. The summed E-state index contributed by atoms with van der Waals surface area (Å²) in [6.07, 6.45) is 0. The Hall–Kier alpha value is -3.58. The van der Waals surface area contributed by atoms with Crippen LogP contribution in [-0.4, -0.2) is 28.5 Å². The lowest BCUT2D eigenvalue weighted by atomic mass is 9.82. The number of nitrogens with zero attached hydrogens (tertiary/aromatic N) is 1. The number of aromatic nitrogens is 1. The van der Waals surface area contributed by atoms with Crippen LogP contribution in [0, 0.1) is 12.7 Å². The minimum atomic E-state index is -1.65. The molecule has 4 aromatic rings. The molecule has 1 aromatic heterocycles. The Morgan fingerprint density at radius 3 is 2.41 bits per heavy atom. The van der Waals surface area contributed by atoms with E-state index in [1.165, 1.54) is 25.1 Å². The molecule has 1 unspecified atom stereocenters. The minimum Gasteiger partial charge on any atom is -0.481 e. The Labute approximate surface area is 204 Å². The Kier molecular flexibility index (Phi) is 6.48. The molecular formula is C27H22BrFN2O3. The number of fused-ring (bicyclic) bond motifs is 1. The topological polar surface area (TPSA) is 79.3 Å². The van der Waals surface area contributed by atoms with Gasteiger partial charge < -0.3 is 10.4 Å². The van der Waals surface area contributed by atoms with E-state index in [1.54, 1.807) is 6.07 Å². The van der Waals surface area contributed by atoms with Gasteiger partial charge in [-0.3, -0.25) is 9.59 Å². The van der Waals surface area contributed by atoms with E-state index in [9.17, 15) is 19.1 Å². The van der Waals surface area contributed by atoms with Crippen LogP contribution in [0.5, 0.6) is 0 Å². The van der Waals surface area contributed by atoms with Crippen molar-refractivity contribution >= 4 is 38.7 Å². The maximum Gasteiger partial charge on any atom is 0.315 e. The van der Waals surface area contributed by atoms with E-state index in [4.69, 9.17) is 4.98 Å². The van der Waals surface area contributed by atoms with Gasteiger partial charge in [-0.05, 0) is 43.7 Å². The van der Waals surface area contributed by atoms with Gasteiger partial charge in [0.05, 0.1) is 16.8 Å². The summed E-state index contributed by atoms with van der Waals surface area (Å²) in [6.45, 7) is 2.93. The zero-order chi connectivity index (χ0) is 24.5. The van der Waals surface area contributed by atoms with Gasteiger partial charge in [0.2, 0.25) is 0 Å². The third-order valence-corrected chi connectivity index (χ3v) is 6.50. The molecule has 1 heterocycles. The minimum absolute atomic E-state index is 0.00632. The van der Waals surface area contributed by atoms with Crippen LogP contribution in [0.1, 0.15) is 28.4 Å². The molecule has 0 aliphatic heterocycles. The van der Waals surface area contributed by atoms with Gasteiger partial charge in [-0.15, -0.1) is 0 Å². The van der Waals surface area contributed by atoms with E-state index in [0.29, 0.717) is 27.7 Å². The quantitative estimate of drug-likeness (QED) is 0.332. The van der Waals surface area contributed by atoms with Crippen molar-refractivity contribution < 1.29 is 19.1 Å². The molecule has 34 heavy (non-hydrogen) atoms. The van der Waals surface area contributed by atoms with Gasteiger partial charge >= 0.3 is 5.97 Å². The number of hydrogen-bond donors (Lipinski definition) is 2. The molecule has 0 spiro atoms. The first-order valence-electron chi connectivity index (χ1n) is 10.6. The van der Waals surface area contributed by atoms with E-state index in [2.05, 4.69) is 21.2 Å². The molecule has 0 saturated heterocycles. The van der Waals surface area contributed by atoms with Crippen LogP contribution in [0.3, 0.4) is 0 Å². The smallest absolute Gasteiger partial charge is 0.315 e. The van der Waals surface area contributed by atoms with Crippen LogP contribution >= 0.6 is 15.9 Å². The van der Waals surface area contributed by atoms with Gasteiger partial charge in [-0.2, -0.15) is 0 Å². The number of rotatable bonds is 6. The molecule has 5 nitrogen and oxygen atoms in total. The summed E-state index contributed by atoms with van der Waals surface area (Å²) in [5.41, 5.74) is 1.57. The van der Waals surface area contributed by atoms with E-state index >= 15 is 0 Å². The van der Waals surface area contributed by atoms with Crippen LogP contribution in [0.15, 0.2) is 77.3 Å². The number of amides is 1. The highest BCUT2D eigenvalue weighted by Crippen LogP contribution is 2.32. The number of carbonyl (C=O) groups is 2. The summed E-state index contributed by atoms with van der Waals surface area (Å²) in [5.74, 6) is -2.33. The highest BCUT2D eigenvalue weighted by atomic mass is 79.9. The van der Waals surface area contributed by atoms with Crippen LogP contribution in [-0.2, 0) is 10.2 Å². The number of hydrogen-bond acceptors (Lipinski definition) is 3. The van der Waals surface area contributed by atoms with Crippen molar-refractivity contribution in [3.8, 4) is 11.3 Å². The summed E-state index contributed by atoms with van der Waals surface area (Å²) in [6, 6.07) is 20.7. The largest absolute Gasteiger partial charge is 0.481 e. The lowest BCUT2D eigenvalue weighted by molar-refractivity contribution is -0.143. The van der Waals surface area contributed by atoms with Gasteiger partial charge in [0, 0.05) is 27.5 Å². The molecule has 0 fully saturated rings. The molecule has 2 N–H and O–H groups in total. The summed E-state index contributed by atoms with van der Waals surface area (Å²) in [5, 5.41) is 13.3. The molecule has 172 valence electrons. The van der Waals surface area contributed by atoms with E-state index in [1.807, 2.05) is 55.5 Å². The van der Waals surface area contributed by atoms with E-state index < -0.39 is 23.1 Å². The molecule has 0 aliphatic carbocycles. The first-order valence-corrected chi connectivity index (χ1v) is 11.4. The molecule has 0 saturated carbocycles. The summed E-state index contributed by atoms with van der Waals surface area (Å²) < 4.78 is 15.2. The van der Waals surface area contributed by atoms with Crippen molar-refractivity contribution in [2.75, 3.05) is 6.54 Å². The second kappa shape index (κ2) is 9.35. The Bertz CT molecular complexity index is 1410. The molecule has 1 amide bonds. The zero-order valence-electron chi connectivity index (χ0n) is 18.6. The fourth-order valence-corrected chi connectivity index (χ4v) is 4.40. The van der Waals surface area contributed by atoms with Gasteiger partial charge in [0.15, 0.2) is 0 Å². The lowest BCUT2D eigenvalue weighted by Crippen LogP contribution is -2.45. The monoisotopic (exact) mass is 520 g/mol. The molecule has 4 rings (SSSR count). The number of nitrogens with one attached hydrogen (secondary N) is 1. The predicted octanol–water partition coefficient (Wildman–Crippen LogP) is 5.88. The Morgan fingerprint density at radius 2 is 1.74 bits per heavy atom. The molecular weight excluding hydrogens is 499 g/mol.